The van der Waals surface area contributed by atoms with Crippen LogP contribution in [0.5, 0.6) is 0 Å². The molecule has 2 aliphatic rings. The van der Waals surface area contributed by atoms with E-state index in [2.05, 4.69) is 175 Å². The van der Waals surface area contributed by atoms with Gasteiger partial charge in [-0.3, -0.25) is 0 Å². The van der Waals surface area contributed by atoms with Crippen molar-refractivity contribution < 1.29 is 0 Å². The van der Waals surface area contributed by atoms with Crippen LogP contribution in [-0.4, -0.2) is 4.98 Å². The first-order valence-electron chi connectivity index (χ1n) is 16.2. The molecule has 1 N–H and O–H groups in total. The van der Waals surface area contributed by atoms with Gasteiger partial charge in [0.05, 0.1) is 28.0 Å². The topological polar surface area (TPSA) is 19.0 Å². The van der Waals surface area contributed by atoms with Crippen LogP contribution in [0.3, 0.4) is 0 Å². The number of nitrogens with zero attached hydrogens (tertiary/aromatic N) is 1. The predicted octanol–water partition coefficient (Wildman–Crippen LogP) is 11.9. The third kappa shape index (κ3) is 3.63. The highest BCUT2D eigenvalue weighted by Crippen LogP contribution is 2.64. The first-order chi connectivity index (χ1) is 23.2. The fourth-order valence-corrected chi connectivity index (χ4v) is 9.44. The van der Waals surface area contributed by atoms with Crippen molar-refractivity contribution in [3.8, 4) is 11.1 Å². The molecule has 7 aromatic carbocycles. The lowest BCUT2D eigenvalue weighted by molar-refractivity contribution is 0.726. The maximum Gasteiger partial charge on any atom is 0.0742 e. The molecule has 47 heavy (non-hydrogen) atoms. The fraction of sp³-hybridized carbons (Fsp3) is 0.0455. The van der Waals surface area contributed by atoms with E-state index in [1.54, 1.807) is 0 Å². The minimum absolute atomic E-state index is 0.471. The normalized spacial score (nSPS) is 14.1. The highest BCUT2D eigenvalue weighted by atomic mass is 32.2. The Morgan fingerprint density at radius 1 is 0.553 bits per heavy atom. The lowest BCUT2D eigenvalue weighted by Gasteiger charge is -2.48. The number of aryl methyl sites for hydroxylation is 1. The van der Waals surface area contributed by atoms with Crippen LogP contribution in [0, 0.1) is 6.92 Å². The lowest BCUT2D eigenvalue weighted by atomic mass is 9.62. The molecule has 10 rings (SSSR count). The first kappa shape index (κ1) is 26.7. The zero-order chi connectivity index (χ0) is 31.1. The molecule has 3 heteroatoms. The van der Waals surface area contributed by atoms with Crippen LogP contribution in [0.4, 0.5) is 17.1 Å². The maximum absolute atomic E-state index is 3.78. The monoisotopic (exact) mass is 618 g/mol. The molecule has 0 aliphatic carbocycles. The van der Waals surface area contributed by atoms with Crippen molar-refractivity contribution >= 4 is 50.6 Å². The van der Waals surface area contributed by atoms with Crippen molar-refractivity contribution in [1.82, 2.24) is 4.98 Å². The molecule has 0 saturated heterocycles. The quantitative estimate of drug-likeness (QED) is 0.212. The van der Waals surface area contributed by atoms with E-state index in [9.17, 15) is 0 Å². The number of hydrogen-bond donors (Lipinski definition) is 1. The molecule has 0 spiro atoms. The summed E-state index contributed by atoms with van der Waals surface area (Å²) in [6.45, 7) is 2.23. The Morgan fingerprint density at radius 2 is 1.21 bits per heavy atom. The second-order valence-corrected chi connectivity index (χ2v) is 13.7. The summed E-state index contributed by atoms with van der Waals surface area (Å²) < 4.78 is 0. The third-order valence-corrected chi connectivity index (χ3v) is 11.3. The SMILES string of the molecule is Cc1cc(-c2cccc3c2[nH]c2ccccc23)c2c(c1)N1c3ccccc3C(c3ccccc3)(c3ccccc3)c3cccc(c31)S2. The molecule has 0 amide bonds. The Hall–Kier alpha value is -5.51. The van der Waals surface area contributed by atoms with Gasteiger partial charge >= 0.3 is 0 Å². The second kappa shape index (κ2) is 9.99. The van der Waals surface area contributed by atoms with Gasteiger partial charge in [0.25, 0.3) is 0 Å². The van der Waals surface area contributed by atoms with Crippen molar-refractivity contribution in [3.05, 3.63) is 186 Å². The summed E-state index contributed by atoms with van der Waals surface area (Å²) in [5.74, 6) is 0. The molecule has 0 radical (unpaired) electrons. The highest BCUT2D eigenvalue weighted by Gasteiger charge is 2.48. The predicted molar refractivity (Wildman–Crippen MR) is 197 cm³/mol. The molecule has 0 saturated carbocycles. The van der Waals surface area contributed by atoms with Crippen molar-refractivity contribution in [1.29, 1.82) is 0 Å². The summed E-state index contributed by atoms with van der Waals surface area (Å²) in [4.78, 5) is 8.89. The van der Waals surface area contributed by atoms with Gasteiger partial charge in [-0.2, -0.15) is 0 Å². The van der Waals surface area contributed by atoms with Crippen molar-refractivity contribution in [2.24, 2.45) is 0 Å². The maximum atomic E-state index is 3.78. The third-order valence-electron chi connectivity index (χ3n) is 10.1. The molecule has 2 aliphatic heterocycles. The number of aromatic nitrogens is 1. The molecular formula is C44H30N2S. The Bertz CT molecular complexity index is 2470. The van der Waals surface area contributed by atoms with E-state index in [1.807, 2.05) is 11.8 Å². The number of benzene rings is 7. The number of fused-ring (bicyclic) bond motifs is 7. The smallest absolute Gasteiger partial charge is 0.0742 e. The molecular weight excluding hydrogens is 589 g/mol. The minimum atomic E-state index is -0.471. The molecule has 0 atom stereocenters. The molecule has 0 fully saturated rings. The van der Waals surface area contributed by atoms with Crippen LogP contribution in [-0.2, 0) is 5.41 Å². The van der Waals surface area contributed by atoms with Gasteiger partial charge in [0, 0.05) is 37.2 Å². The number of aromatic amines is 1. The number of para-hydroxylation sites is 4. The molecule has 2 nitrogen and oxygen atoms in total. The summed E-state index contributed by atoms with van der Waals surface area (Å²) >= 11 is 1.91. The number of H-pyrrole nitrogens is 1. The second-order valence-electron chi connectivity index (χ2n) is 12.6. The van der Waals surface area contributed by atoms with Crippen LogP contribution in [0.2, 0.25) is 0 Å². The molecule has 0 unspecified atom stereocenters. The summed E-state index contributed by atoms with van der Waals surface area (Å²) in [6, 6.07) is 58.2. The van der Waals surface area contributed by atoms with E-state index in [0.29, 0.717) is 0 Å². The number of rotatable bonds is 3. The molecule has 3 heterocycles. The standard InChI is InChI=1S/C44H30N2S/c1-28-26-34(33-20-12-19-32-31-18-8-10-23-37(31)45-41(32)33)43-39(27-28)46-38-24-11-9-21-35(38)44(29-14-4-2-5-15-29,30-16-6-3-7-17-30)36-22-13-25-40(47-43)42(36)46/h2-27,45H,1H3. The van der Waals surface area contributed by atoms with E-state index < -0.39 is 5.41 Å². The van der Waals surface area contributed by atoms with E-state index in [0.717, 1.165) is 0 Å². The zero-order valence-electron chi connectivity index (χ0n) is 25.9. The Morgan fingerprint density at radius 3 is 2.02 bits per heavy atom. The van der Waals surface area contributed by atoms with Gasteiger partial charge in [-0.05, 0) is 59.0 Å². The van der Waals surface area contributed by atoms with Crippen molar-refractivity contribution in [3.63, 3.8) is 0 Å². The largest absolute Gasteiger partial charge is 0.354 e. The van der Waals surface area contributed by atoms with Gasteiger partial charge in [0.15, 0.2) is 0 Å². The molecule has 8 aromatic rings. The Kier molecular flexibility index (Phi) is 5.67. The fourth-order valence-electron chi connectivity index (χ4n) is 8.24. The number of anilines is 3. The summed E-state index contributed by atoms with van der Waals surface area (Å²) in [6.07, 6.45) is 0. The Labute approximate surface area is 278 Å². The average molecular weight is 619 g/mol. The number of hydrogen-bond acceptors (Lipinski definition) is 2. The van der Waals surface area contributed by atoms with Crippen molar-refractivity contribution in [2.75, 3.05) is 4.90 Å². The van der Waals surface area contributed by atoms with E-state index in [1.165, 1.54) is 87.6 Å². The Balaban J connectivity index is 1.29. The molecule has 0 bridgehead atoms. The average Bonchev–Trinajstić information content (AvgIpc) is 3.51. The van der Waals surface area contributed by atoms with E-state index >= 15 is 0 Å². The van der Waals surface area contributed by atoms with Gasteiger partial charge in [0.1, 0.15) is 0 Å². The zero-order valence-corrected chi connectivity index (χ0v) is 26.7. The van der Waals surface area contributed by atoms with Crippen molar-refractivity contribution in [2.45, 2.75) is 22.1 Å². The lowest BCUT2D eigenvalue weighted by Crippen LogP contribution is -2.38. The molecule has 222 valence electrons. The van der Waals surface area contributed by atoms with E-state index in [-0.39, 0.29) is 0 Å². The van der Waals surface area contributed by atoms with E-state index in [4.69, 9.17) is 0 Å². The van der Waals surface area contributed by atoms with Crippen LogP contribution < -0.4 is 4.90 Å². The highest BCUT2D eigenvalue weighted by molar-refractivity contribution is 8.00. The van der Waals surface area contributed by atoms with Gasteiger partial charge in [-0.25, -0.2) is 0 Å². The summed E-state index contributed by atoms with van der Waals surface area (Å²) in [5, 5.41) is 2.52. The minimum Gasteiger partial charge on any atom is -0.354 e. The summed E-state index contributed by atoms with van der Waals surface area (Å²) in [5.41, 5.74) is 14.5. The molecule has 1 aromatic heterocycles. The van der Waals surface area contributed by atoms with Gasteiger partial charge in [-0.1, -0.05) is 145 Å². The first-order valence-corrected chi connectivity index (χ1v) is 17.0. The van der Waals surface area contributed by atoms with Crippen LogP contribution in [0.15, 0.2) is 168 Å². The van der Waals surface area contributed by atoms with Crippen LogP contribution in [0.1, 0.15) is 27.8 Å². The van der Waals surface area contributed by atoms with Crippen LogP contribution in [0.25, 0.3) is 32.9 Å². The van der Waals surface area contributed by atoms with Gasteiger partial charge in [-0.15, -0.1) is 0 Å². The summed E-state index contributed by atoms with van der Waals surface area (Å²) in [7, 11) is 0. The van der Waals surface area contributed by atoms with Gasteiger partial charge in [0.2, 0.25) is 0 Å². The number of nitrogens with one attached hydrogen (secondary N) is 1. The van der Waals surface area contributed by atoms with Gasteiger partial charge < -0.3 is 9.88 Å². The van der Waals surface area contributed by atoms with Crippen LogP contribution >= 0.6 is 11.8 Å².